The van der Waals surface area contributed by atoms with E-state index < -0.39 is 0 Å². The number of nitrogens with zero attached hydrogens (tertiary/aromatic N) is 4. The van der Waals surface area contributed by atoms with E-state index >= 15 is 0 Å². The van der Waals surface area contributed by atoms with Crippen LogP contribution >= 0.6 is 0 Å². The number of amides is 2. The summed E-state index contributed by atoms with van der Waals surface area (Å²) in [6.45, 7) is 0.945. The largest absolute Gasteiger partial charge is 0.352 e. The quantitative estimate of drug-likeness (QED) is 0.400. The Morgan fingerprint density at radius 2 is 1.17 bits per heavy atom. The van der Waals surface area contributed by atoms with E-state index in [1.54, 1.807) is 21.8 Å². The lowest BCUT2D eigenvalue weighted by molar-refractivity contribution is -0.130. The standard InChI is InChI=1S/C28H30N6O2/c35-27(29-19-21-6-10-25(11-7-21)33-16-2-14-31-33)23-4-1-5-24(18-23)28(36)30-20-22-8-12-26(13-9-22)34-17-3-15-32-34/h2-3,6-17,23-24H,1,4-5,18-20H2,(H,29,35)(H,30,36). The molecule has 1 aliphatic carbocycles. The zero-order valence-electron chi connectivity index (χ0n) is 20.1. The minimum atomic E-state index is -0.133. The highest BCUT2D eigenvalue weighted by Crippen LogP contribution is 2.29. The van der Waals surface area contributed by atoms with Crippen LogP contribution in [0.15, 0.2) is 85.5 Å². The molecule has 0 radical (unpaired) electrons. The Morgan fingerprint density at radius 1 is 0.722 bits per heavy atom. The Hall–Kier alpha value is -4.20. The van der Waals surface area contributed by atoms with Crippen LogP contribution in [-0.4, -0.2) is 31.4 Å². The van der Waals surface area contributed by atoms with Crippen LogP contribution in [0.4, 0.5) is 0 Å². The zero-order valence-corrected chi connectivity index (χ0v) is 20.1. The summed E-state index contributed by atoms with van der Waals surface area (Å²) < 4.78 is 3.60. The molecule has 0 aliphatic heterocycles. The average molecular weight is 483 g/mol. The Morgan fingerprint density at radius 3 is 1.56 bits per heavy atom. The van der Waals surface area contributed by atoms with Crippen molar-refractivity contribution in [2.45, 2.75) is 38.8 Å². The van der Waals surface area contributed by atoms with E-state index in [1.807, 2.05) is 73.1 Å². The van der Waals surface area contributed by atoms with Crippen LogP contribution in [0.25, 0.3) is 11.4 Å². The minimum Gasteiger partial charge on any atom is -0.352 e. The van der Waals surface area contributed by atoms with Gasteiger partial charge in [-0.15, -0.1) is 0 Å². The number of hydrogen-bond donors (Lipinski definition) is 2. The van der Waals surface area contributed by atoms with Gasteiger partial charge in [-0.1, -0.05) is 30.7 Å². The fourth-order valence-electron chi connectivity index (χ4n) is 4.71. The second-order valence-corrected chi connectivity index (χ2v) is 9.23. The van der Waals surface area contributed by atoms with Crippen molar-refractivity contribution in [2.24, 2.45) is 11.8 Å². The summed E-state index contributed by atoms with van der Waals surface area (Å²) in [5, 5.41) is 14.6. The molecule has 2 atom stereocenters. The third-order valence-electron chi connectivity index (χ3n) is 6.76. The van der Waals surface area contributed by atoms with Gasteiger partial charge < -0.3 is 10.6 Å². The second-order valence-electron chi connectivity index (χ2n) is 9.23. The molecule has 184 valence electrons. The molecule has 1 aliphatic rings. The summed E-state index contributed by atoms with van der Waals surface area (Å²) in [5.41, 5.74) is 4.01. The van der Waals surface area contributed by atoms with E-state index in [0.717, 1.165) is 41.8 Å². The topological polar surface area (TPSA) is 93.8 Å². The van der Waals surface area contributed by atoms with Crippen LogP contribution in [0.2, 0.25) is 0 Å². The lowest BCUT2D eigenvalue weighted by Gasteiger charge is -2.27. The first-order chi connectivity index (χ1) is 17.7. The SMILES string of the molecule is O=C(NCc1ccc(-n2cccn2)cc1)C1CCCC(C(=O)NCc2ccc(-n3cccn3)cc2)C1. The van der Waals surface area contributed by atoms with Gasteiger partial charge in [-0.2, -0.15) is 10.2 Å². The lowest BCUT2D eigenvalue weighted by atomic mass is 9.80. The van der Waals surface area contributed by atoms with Crippen molar-refractivity contribution in [2.75, 3.05) is 0 Å². The zero-order chi connectivity index (χ0) is 24.7. The number of hydrogen-bond acceptors (Lipinski definition) is 4. The van der Waals surface area contributed by atoms with Gasteiger partial charge in [0.25, 0.3) is 0 Å². The highest BCUT2D eigenvalue weighted by atomic mass is 16.2. The van der Waals surface area contributed by atoms with Gasteiger partial charge in [0.05, 0.1) is 11.4 Å². The maximum absolute atomic E-state index is 12.8. The molecule has 2 N–H and O–H groups in total. The van der Waals surface area contributed by atoms with Gasteiger partial charge in [0.1, 0.15) is 0 Å². The summed E-state index contributed by atoms with van der Waals surface area (Å²) in [6.07, 6.45) is 10.4. The first kappa shape index (κ1) is 23.5. The third-order valence-corrected chi connectivity index (χ3v) is 6.76. The summed E-state index contributed by atoms with van der Waals surface area (Å²) in [5.74, 6) is -0.215. The van der Waals surface area contributed by atoms with E-state index in [4.69, 9.17) is 0 Å². The van der Waals surface area contributed by atoms with Crippen LogP contribution in [-0.2, 0) is 22.7 Å². The molecule has 0 bridgehead atoms. The molecule has 0 saturated heterocycles. The molecule has 2 aromatic carbocycles. The summed E-state index contributed by atoms with van der Waals surface area (Å²) in [6, 6.07) is 19.7. The van der Waals surface area contributed by atoms with Gasteiger partial charge in [0, 0.05) is 49.7 Å². The van der Waals surface area contributed by atoms with Crippen molar-refractivity contribution in [3.63, 3.8) is 0 Å². The fraction of sp³-hybridized carbons (Fsp3) is 0.286. The number of benzene rings is 2. The highest BCUT2D eigenvalue weighted by Gasteiger charge is 2.31. The van der Waals surface area contributed by atoms with Gasteiger partial charge in [-0.05, 0) is 66.8 Å². The third kappa shape index (κ3) is 5.71. The van der Waals surface area contributed by atoms with Crippen molar-refractivity contribution < 1.29 is 9.59 Å². The number of nitrogens with one attached hydrogen (secondary N) is 2. The molecule has 5 rings (SSSR count). The average Bonchev–Trinajstić information content (AvgIpc) is 3.66. The molecule has 8 nitrogen and oxygen atoms in total. The molecule has 2 aromatic heterocycles. The second kappa shape index (κ2) is 11.0. The molecule has 1 saturated carbocycles. The van der Waals surface area contributed by atoms with Gasteiger partial charge in [0.15, 0.2) is 0 Å². The van der Waals surface area contributed by atoms with Crippen LogP contribution in [0.1, 0.15) is 36.8 Å². The molecule has 2 heterocycles. The molecule has 2 unspecified atom stereocenters. The van der Waals surface area contributed by atoms with E-state index in [2.05, 4.69) is 20.8 Å². The molecule has 0 spiro atoms. The van der Waals surface area contributed by atoms with Crippen LogP contribution in [0.5, 0.6) is 0 Å². The van der Waals surface area contributed by atoms with Crippen molar-refractivity contribution in [3.8, 4) is 11.4 Å². The van der Waals surface area contributed by atoms with Gasteiger partial charge in [-0.25, -0.2) is 9.36 Å². The van der Waals surface area contributed by atoms with Crippen molar-refractivity contribution in [3.05, 3.63) is 96.6 Å². The van der Waals surface area contributed by atoms with Crippen LogP contribution in [0, 0.1) is 11.8 Å². The van der Waals surface area contributed by atoms with Crippen molar-refractivity contribution >= 4 is 11.8 Å². The number of carbonyl (C=O) groups is 2. The number of rotatable bonds is 8. The van der Waals surface area contributed by atoms with E-state index in [1.165, 1.54) is 0 Å². The Labute approximate surface area is 210 Å². The molecule has 4 aromatic rings. The predicted octanol–water partition coefficient (Wildman–Crippen LogP) is 3.80. The first-order valence-corrected chi connectivity index (χ1v) is 12.4. The van der Waals surface area contributed by atoms with Gasteiger partial charge in [-0.3, -0.25) is 9.59 Å². The monoisotopic (exact) mass is 482 g/mol. The van der Waals surface area contributed by atoms with Gasteiger partial charge in [0.2, 0.25) is 11.8 Å². The molecule has 8 heteroatoms. The maximum Gasteiger partial charge on any atom is 0.223 e. The number of carbonyl (C=O) groups excluding carboxylic acids is 2. The van der Waals surface area contributed by atoms with Crippen LogP contribution < -0.4 is 10.6 Å². The fourth-order valence-corrected chi connectivity index (χ4v) is 4.71. The Bertz CT molecular complexity index is 1170. The first-order valence-electron chi connectivity index (χ1n) is 12.4. The molecular weight excluding hydrogens is 452 g/mol. The smallest absolute Gasteiger partial charge is 0.223 e. The Kier molecular flexibility index (Phi) is 7.21. The predicted molar refractivity (Wildman–Crippen MR) is 136 cm³/mol. The lowest BCUT2D eigenvalue weighted by Crippen LogP contribution is -2.38. The van der Waals surface area contributed by atoms with E-state index in [-0.39, 0.29) is 23.7 Å². The van der Waals surface area contributed by atoms with E-state index in [9.17, 15) is 9.59 Å². The summed E-state index contributed by atoms with van der Waals surface area (Å²) in [4.78, 5) is 25.7. The molecule has 2 amide bonds. The number of aromatic nitrogens is 4. The van der Waals surface area contributed by atoms with Gasteiger partial charge >= 0.3 is 0 Å². The molecular formula is C28H30N6O2. The Balaban J connectivity index is 1.08. The molecule has 1 fully saturated rings. The highest BCUT2D eigenvalue weighted by molar-refractivity contribution is 5.82. The summed E-state index contributed by atoms with van der Waals surface area (Å²) >= 11 is 0. The maximum atomic E-state index is 12.8. The molecule has 36 heavy (non-hydrogen) atoms. The van der Waals surface area contributed by atoms with Crippen molar-refractivity contribution in [1.82, 2.24) is 30.2 Å². The van der Waals surface area contributed by atoms with Crippen LogP contribution in [0.3, 0.4) is 0 Å². The summed E-state index contributed by atoms with van der Waals surface area (Å²) in [7, 11) is 0. The van der Waals surface area contributed by atoms with Crippen molar-refractivity contribution in [1.29, 1.82) is 0 Å². The van der Waals surface area contributed by atoms with E-state index in [0.29, 0.717) is 19.5 Å². The normalized spacial score (nSPS) is 17.4. The minimum absolute atomic E-state index is 0.0258.